The molecule has 14 heavy (non-hydrogen) atoms. The van der Waals surface area contributed by atoms with Crippen LogP contribution in [0.15, 0.2) is 18.2 Å². The molecule has 0 unspecified atom stereocenters. The molecule has 0 saturated heterocycles. The zero-order chi connectivity index (χ0) is 10.1. The van der Waals surface area contributed by atoms with Gasteiger partial charge in [-0.15, -0.1) is 11.3 Å². The largest absolute Gasteiger partial charge is 0.481 e. The number of halogens is 1. The number of aromatic nitrogens is 1. The minimum absolute atomic E-state index is 0.154. The molecule has 3 nitrogen and oxygen atoms in total. The standard InChI is InChI=1S/C9H6FNO2S/c10-5-2-1-3-6-9(5)11-7(14-6)4-8(12)13/h1-3H,4H2,(H,12,13). The van der Waals surface area contributed by atoms with Gasteiger partial charge in [0.2, 0.25) is 0 Å². The zero-order valence-corrected chi connectivity index (χ0v) is 7.84. The molecule has 0 radical (unpaired) electrons. The number of fused-ring (bicyclic) bond motifs is 1. The molecule has 1 N–H and O–H groups in total. The first kappa shape index (κ1) is 9.08. The van der Waals surface area contributed by atoms with Crippen LogP contribution in [0.3, 0.4) is 0 Å². The fraction of sp³-hybridized carbons (Fsp3) is 0.111. The first-order valence-electron chi connectivity index (χ1n) is 3.92. The number of carboxylic acids is 1. The van der Waals surface area contributed by atoms with Crippen molar-refractivity contribution in [1.82, 2.24) is 4.98 Å². The Balaban J connectivity index is 2.51. The molecule has 0 saturated carbocycles. The number of benzene rings is 1. The maximum Gasteiger partial charge on any atom is 0.310 e. The number of nitrogens with zero attached hydrogens (tertiary/aromatic N) is 1. The Morgan fingerprint density at radius 3 is 3.00 bits per heavy atom. The van der Waals surface area contributed by atoms with Crippen LogP contribution in [0.4, 0.5) is 4.39 Å². The van der Waals surface area contributed by atoms with E-state index in [9.17, 15) is 9.18 Å². The summed E-state index contributed by atoms with van der Waals surface area (Å²) in [6.45, 7) is 0. The second-order valence-electron chi connectivity index (χ2n) is 2.76. The number of para-hydroxylation sites is 1. The fourth-order valence-electron chi connectivity index (χ4n) is 1.17. The predicted octanol–water partition coefficient (Wildman–Crippen LogP) is 2.06. The Labute approximate surface area is 82.8 Å². The quantitative estimate of drug-likeness (QED) is 0.827. The number of carboxylic acid groups (broad SMARTS) is 1. The first-order chi connectivity index (χ1) is 6.66. The van der Waals surface area contributed by atoms with Gasteiger partial charge in [0.15, 0.2) is 0 Å². The van der Waals surface area contributed by atoms with Crippen LogP contribution in [0.5, 0.6) is 0 Å². The van der Waals surface area contributed by atoms with Gasteiger partial charge in [-0.05, 0) is 12.1 Å². The van der Waals surface area contributed by atoms with Gasteiger partial charge in [0, 0.05) is 0 Å². The molecule has 72 valence electrons. The highest BCUT2D eigenvalue weighted by atomic mass is 32.1. The molecule has 0 amide bonds. The van der Waals surface area contributed by atoms with Crippen LogP contribution in [-0.4, -0.2) is 16.1 Å². The van der Waals surface area contributed by atoms with E-state index in [1.54, 1.807) is 12.1 Å². The summed E-state index contributed by atoms with van der Waals surface area (Å²) in [5.74, 6) is -1.36. The molecule has 0 aliphatic rings. The van der Waals surface area contributed by atoms with Crippen LogP contribution in [0.2, 0.25) is 0 Å². The molecular weight excluding hydrogens is 205 g/mol. The third-order valence-electron chi connectivity index (χ3n) is 1.72. The maximum absolute atomic E-state index is 13.1. The summed E-state index contributed by atoms with van der Waals surface area (Å²) >= 11 is 1.21. The van der Waals surface area contributed by atoms with Crippen molar-refractivity contribution in [1.29, 1.82) is 0 Å². The topological polar surface area (TPSA) is 50.2 Å². The zero-order valence-electron chi connectivity index (χ0n) is 7.03. The van der Waals surface area contributed by atoms with E-state index >= 15 is 0 Å². The summed E-state index contributed by atoms with van der Waals surface area (Å²) in [5.41, 5.74) is 0.258. The first-order valence-corrected chi connectivity index (χ1v) is 4.74. The third-order valence-corrected chi connectivity index (χ3v) is 2.74. The van der Waals surface area contributed by atoms with Gasteiger partial charge in [-0.1, -0.05) is 6.07 Å². The van der Waals surface area contributed by atoms with E-state index in [0.717, 1.165) is 0 Å². The lowest BCUT2D eigenvalue weighted by Gasteiger charge is -1.87. The molecule has 2 rings (SSSR count). The summed E-state index contributed by atoms with van der Waals surface area (Å²) in [5, 5.41) is 8.96. The van der Waals surface area contributed by atoms with Gasteiger partial charge >= 0.3 is 5.97 Å². The Morgan fingerprint density at radius 1 is 1.57 bits per heavy atom. The monoisotopic (exact) mass is 211 g/mol. The highest BCUT2D eigenvalue weighted by Gasteiger charge is 2.09. The Hall–Kier alpha value is -1.49. The fourth-order valence-corrected chi connectivity index (χ4v) is 2.14. The molecule has 0 bridgehead atoms. The maximum atomic E-state index is 13.1. The van der Waals surface area contributed by atoms with Crippen molar-refractivity contribution >= 4 is 27.5 Å². The van der Waals surface area contributed by atoms with Gasteiger partial charge in [0.1, 0.15) is 16.3 Å². The lowest BCUT2D eigenvalue weighted by atomic mass is 10.3. The van der Waals surface area contributed by atoms with E-state index in [4.69, 9.17) is 5.11 Å². The lowest BCUT2D eigenvalue weighted by molar-refractivity contribution is -0.136. The lowest BCUT2D eigenvalue weighted by Crippen LogP contribution is -1.98. The van der Waals surface area contributed by atoms with Gasteiger partial charge in [-0.3, -0.25) is 4.79 Å². The number of thiazole rings is 1. The van der Waals surface area contributed by atoms with Crippen molar-refractivity contribution in [3.05, 3.63) is 29.0 Å². The summed E-state index contributed by atoms with van der Waals surface area (Å²) in [7, 11) is 0. The van der Waals surface area contributed by atoms with Crippen molar-refractivity contribution in [3.63, 3.8) is 0 Å². The Bertz CT molecular complexity index is 495. The summed E-state index contributed by atoms with van der Waals surface area (Å²) in [6, 6.07) is 4.62. The van der Waals surface area contributed by atoms with Crippen LogP contribution in [-0.2, 0) is 11.2 Å². The van der Waals surface area contributed by atoms with Gasteiger partial charge in [0.25, 0.3) is 0 Å². The predicted molar refractivity (Wildman–Crippen MR) is 50.9 cm³/mol. The number of aliphatic carboxylic acids is 1. The number of carbonyl (C=O) groups is 1. The molecule has 2 aromatic rings. The van der Waals surface area contributed by atoms with E-state index in [1.807, 2.05) is 0 Å². The molecule has 1 aromatic carbocycles. The Morgan fingerprint density at radius 2 is 2.36 bits per heavy atom. The molecule has 1 heterocycles. The second kappa shape index (κ2) is 3.34. The number of hydrogen-bond acceptors (Lipinski definition) is 3. The normalized spacial score (nSPS) is 10.6. The smallest absolute Gasteiger partial charge is 0.310 e. The average molecular weight is 211 g/mol. The van der Waals surface area contributed by atoms with Gasteiger partial charge in [-0.25, -0.2) is 9.37 Å². The third kappa shape index (κ3) is 1.58. The van der Waals surface area contributed by atoms with Crippen molar-refractivity contribution in [2.75, 3.05) is 0 Å². The minimum atomic E-state index is -0.954. The van der Waals surface area contributed by atoms with E-state index in [0.29, 0.717) is 9.71 Å². The number of rotatable bonds is 2. The van der Waals surface area contributed by atoms with Crippen LogP contribution < -0.4 is 0 Å². The van der Waals surface area contributed by atoms with Crippen molar-refractivity contribution < 1.29 is 14.3 Å². The molecule has 0 aliphatic heterocycles. The highest BCUT2D eigenvalue weighted by Crippen LogP contribution is 2.24. The summed E-state index contributed by atoms with van der Waals surface area (Å²) in [4.78, 5) is 14.3. The SMILES string of the molecule is O=C(O)Cc1nc2c(F)cccc2s1. The molecular formula is C9H6FNO2S. The number of hydrogen-bond donors (Lipinski definition) is 1. The van der Waals surface area contributed by atoms with E-state index in [2.05, 4.69) is 4.98 Å². The minimum Gasteiger partial charge on any atom is -0.481 e. The highest BCUT2D eigenvalue weighted by molar-refractivity contribution is 7.18. The second-order valence-corrected chi connectivity index (χ2v) is 3.88. The summed E-state index contributed by atoms with van der Waals surface area (Å²) in [6.07, 6.45) is -0.154. The molecule has 0 fully saturated rings. The van der Waals surface area contributed by atoms with Gasteiger partial charge < -0.3 is 5.11 Å². The molecule has 0 aliphatic carbocycles. The molecule has 1 aromatic heterocycles. The molecule has 5 heteroatoms. The Kier molecular flexibility index (Phi) is 2.17. The van der Waals surface area contributed by atoms with Gasteiger partial charge in [0.05, 0.1) is 11.1 Å². The van der Waals surface area contributed by atoms with Crippen molar-refractivity contribution in [3.8, 4) is 0 Å². The van der Waals surface area contributed by atoms with E-state index in [-0.39, 0.29) is 11.9 Å². The van der Waals surface area contributed by atoms with Crippen molar-refractivity contribution in [2.45, 2.75) is 6.42 Å². The summed E-state index contributed by atoms with van der Waals surface area (Å²) < 4.78 is 13.8. The van der Waals surface area contributed by atoms with Crippen LogP contribution in [0.1, 0.15) is 5.01 Å². The molecule has 0 spiro atoms. The van der Waals surface area contributed by atoms with Crippen LogP contribution in [0, 0.1) is 5.82 Å². The molecule has 0 atom stereocenters. The average Bonchev–Trinajstić information content (AvgIpc) is 2.47. The van der Waals surface area contributed by atoms with Crippen LogP contribution >= 0.6 is 11.3 Å². The van der Waals surface area contributed by atoms with Crippen molar-refractivity contribution in [2.24, 2.45) is 0 Å². The van der Waals surface area contributed by atoms with Crippen LogP contribution in [0.25, 0.3) is 10.2 Å². The van der Waals surface area contributed by atoms with E-state index < -0.39 is 11.8 Å². The van der Waals surface area contributed by atoms with E-state index in [1.165, 1.54) is 17.4 Å². The van der Waals surface area contributed by atoms with Gasteiger partial charge in [-0.2, -0.15) is 0 Å².